The van der Waals surface area contributed by atoms with E-state index in [-0.39, 0.29) is 18.7 Å². The Morgan fingerprint density at radius 3 is 2.50 bits per heavy atom. The highest BCUT2D eigenvalue weighted by atomic mass is 16.7. The molecule has 2 N–H and O–H groups in total. The topological polar surface area (TPSA) is 114 Å². The highest BCUT2D eigenvalue weighted by Crippen LogP contribution is 2.36. The number of nitrogens with zero attached hydrogens (tertiary/aromatic N) is 3. The average molecular weight is 393 g/mol. The Kier molecular flexibility index (Phi) is 5.95. The third-order valence-electron chi connectivity index (χ3n) is 5.70. The Morgan fingerprint density at radius 2 is 1.93 bits per heavy atom. The number of carbonyl (C=O) groups excluding carboxylic acids is 1. The number of aliphatic hydroxyl groups is 2. The first-order valence-electron chi connectivity index (χ1n) is 9.54. The normalized spacial score (nSPS) is 24.4. The molecule has 0 bridgehead atoms. The van der Waals surface area contributed by atoms with E-state index in [4.69, 9.17) is 19.2 Å². The van der Waals surface area contributed by atoms with E-state index in [1.165, 1.54) is 0 Å². The second-order valence-corrected chi connectivity index (χ2v) is 8.22. The monoisotopic (exact) mass is 393 g/mol. The molecule has 10 heteroatoms. The molecule has 1 aromatic heterocycles. The highest BCUT2D eigenvalue weighted by Gasteiger charge is 2.52. The van der Waals surface area contributed by atoms with Gasteiger partial charge in [-0.2, -0.15) is 0 Å². The van der Waals surface area contributed by atoms with Gasteiger partial charge in [-0.1, -0.05) is 0 Å². The lowest BCUT2D eigenvalue weighted by atomic mass is 9.81. The van der Waals surface area contributed by atoms with Gasteiger partial charge in [-0.25, -0.2) is 9.97 Å². The zero-order valence-corrected chi connectivity index (χ0v) is 16.8. The summed E-state index contributed by atoms with van der Waals surface area (Å²) in [4.78, 5) is 22.1. The van der Waals surface area contributed by atoms with Crippen molar-refractivity contribution in [1.82, 2.24) is 14.9 Å². The first-order valence-corrected chi connectivity index (χ1v) is 9.54. The quantitative estimate of drug-likeness (QED) is 0.622. The van der Waals surface area contributed by atoms with Crippen LogP contribution in [0.25, 0.3) is 0 Å². The van der Waals surface area contributed by atoms with Crippen LogP contribution in [0.15, 0.2) is 12.4 Å². The van der Waals surface area contributed by atoms with Crippen LogP contribution in [-0.4, -0.2) is 81.2 Å². The molecule has 2 fully saturated rings. The highest BCUT2D eigenvalue weighted by molar-refractivity contribution is 6.61. The van der Waals surface area contributed by atoms with Gasteiger partial charge in [0.1, 0.15) is 6.61 Å². The molecule has 3 heterocycles. The van der Waals surface area contributed by atoms with Gasteiger partial charge in [0.15, 0.2) is 6.10 Å². The molecule has 2 aliphatic rings. The summed E-state index contributed by atoms with van der Waals surface area (Å²) in [5.41, 5.74) is -0.177. The molecule has 2 unspecified atom stereocenters. The predicted octanol–water partition coefficient (Wildman–Crippen LogP) is -0.501. The molecule has 1 aromatic rings. The maximum atomic E-state index is 12.1. The SMILES string of the molecule is CC1(C)OB(c2cnc(OCC3CCCN3C(=O)C(O)CO)nc2)OC1(C)C. The summed E-state index contributed by atoms with van der Waals surface area (Å²) in [5, 5.41) is 18.5. The van der Waals surface area contributed by atoms with Crippen LogP contribution < -0.4 is 10.2 Å². The number of hydrogen-bond donors (Lipinski definition) is 2. The minimum Gasteiger partial charge on any atom is -0.461 e. The molecule has 0 aromatic carbocycles. The van der Waals surface area contributed by atoms with Gasteiger partial charge in [0.25, 0.3) is 5.91 Å². The molecule has 28 heavy (non-hydrogen) atoms. The summed E-state index contributed by atoms with van der Waals surface area (Å²) in [6.45, 7) is 8.08. The van der Waals surface area contributed by atoms with E-state index >= 15 is 0 Å². The molecule has 9 nitrogen and oxygen atoms in total. The predicted molar refractivity (Wildman–Crippen MR) is 101 cm³/mol. The Morgan fingerprint density at radius 1 is 1.32 bits per heavy atom. The zero-order valence-electron chi connectivity index (χ0n) is 16.8. The number of likely N-dealkylation sites (tertiary alicyclic amines) is 1. The second-order valence-electron chi connectivity index (χ2n) is 8.22. The number of rotatable bonds is 6. The van der Waals surface area contributed by atoms with Crippen molar-refractivity contribution >= 4 is 18.5 Å². The van der Waals surface area contributed by atoms with Crippen molar-refractivity contribution in [2.24, 2.45) is 0 Å². The maximum absolute atomic E-state index is 12.1. The van der Waals surface area contributed by atoms with Gasteiger partial charge in [-0.15, -0.1) is 0 Å². The lowest BCUT2D eigenvalue weighted by molar-refractivity contribution is -0.143. The molecule has 0 aliphatic carbocycles. The van der Waals surface area contributed by atoms with E-state index in [2.05, 4.69) is 9.97 Å². The van der Waals surface area contributed by atoms with E-state index in [1.807, 2.05) is 27.7 Å². The molecular weight excluding hydrogens is 365 g/mol. The van der Waals surface area contributed by atoms with Crippen LogP contribution in [0.3, 0.4) is 0 Å². The summed E-state index contributed by atoms with van der Waals surface area (Å²) in [6, 6.07) is 0.0161. The van der Waals surface area contributed by atoms with E-state index in [0.29, 0.717) is 12.0 Å². The summed E-state index contributed by atoms with van der Waals surface area (Å²) < 4.78 is 17.6. The zero-order chi connectivity index (χ0) is 20.5. The number of aromatic nitrogens is 2. The van der Waals surface area contributed by atoms with Crippen LogP contribution >= 0.6 is 0 Å². The van der Waals surface area contributed by atoms with Crippen LogP contribution in [0.5, 0.6) is 6.01 Å². The van der Waals surface area contributed by atoms with Crippen LogP contribution in [0.1, 0.15) is 40.5 Å². The maximum Gasteiger partial charge on any atom is 0.498 e. The van der Waals surface area contributed by atoms with Crippen molar-refractivity contribution in [2.75, 3.05) is 19.8 Å². The molecule has 1 amide bonds. The van der Waals surface area contributed by atoms with Crippen molar-refractivity contribution in [3.05, 3.63) is 12.4 Å². The number of aliphatic hydroxyl groups excluding tert-OH is 2. The average Bonchev–Trinajstić information content (AvgIpc) is 3.20. The van der Waals surface area contributed by atoms with Gasteiger partial charge in [0.05, 0.1) is 23.9 Å². The third kappa shape index (κ3) is 4.14. The molecular formula is C18H28BN3O6. The summed E-state index contributed by atoms with van der Waals surface area (Å²) >= 11 is 0. The van der Waals surface area contributed by atoms with E-state index < -0.39 is 36.9 Å². The Hall–Kier alpha value is -1.75. The summed E-state index contributed by atoms with van der Waals surface area (Å²) in [7, 11) is -0.540. The van der Waals surface area contributed by atoms with E-state index in [1.54, 1.807) is 17.3 Å². The van der Waals surface area contributed by atoms with Gasteiger partial charge in [0, 0.05) is 24.4 Å². The molecule has 2 atom stereocenters. The first-order chi connectivity index (χ1) is 13.1. The lowest BCUT2D eigenvalue weighted by Gasteiger charge is -2.32. The molecule has 0 spiro atoms. The number of ether oxygens (including phenoxy) is 1. The van der Waals surface area contributed by atoms with Gasteiger partial charge >= 0.3 is 13.1 Å². The Bertz CT molecular complexity index is 683. The van der Waals surface area contributed by atoms with Crippen molar-refractivity contribution in [3.63, 3.8) is 0 Å². The molecule has 0 radical (unpaired) electrons. The number of amides is 1. The minimum absolute atomic E-state index is 0.180. The summed E-state index contributed by atoms with van der Waals surface area (Å²) in [6.07, 6.45) is 3.40. The fourth-order valence-corrected chi connectivity index (χ4v) is 3.24. The molecule has 2 aliphatic heterocycles. The van der Waals surface area contributed by atoms with Gasteiger partial charge < -0.3 is 29.2 Å². The molecule has 2 saturated heterocycles. The number of hydrogen-bond acceptors (Lipinski definition) is 8. The van der Waals surface area contributed by atoms with Gasteiger partial charge in [-0.3, -0.25) is 4.79 Å². The van der Waals surface area contributed by atoms with Crippen LogP contribution in [0.2, 0.25) is 0 Å². The van der Waals surface area contributed by atoms with E-state index in [0.717, 1.165) is 12.8 Å². The van der Waals surface area contributed by atoms with Gasteiger partial charge in [-0.05, 0) is 40.5 Å². The third-order valence-corrected chi connectivity index (χ3v) is 5.70. The smallest absolute Gasteiger partial charge is 0.461 e. The summed E-state index contributed by atoms with van der Waals surface area (Å²) in [5.74, 6) is -0.481. The second kappa shape index (κ2) is 7.94. The first kappa shape index (κ1) is 21.0. The molecule has 0 saturated carbocycles. The van der Waals surface area contributed by atoms with Crippen molar-refractivity contribution in [3.8, 4) is 6.01 Å². The standard InChI is InChI=1S/C18H28BN3O6/c1-17(2)18(3,4)28-19(27-17)12-8-20-16(21-9-12)26-11-13-6-5-7-22(13)15(25)14(24)10-23/h8-9,13-14,23-24H,5-7,10-11H2,1-4H3. The van der Waals surface area contributed by atoms with Crippen molar-refractivity contribution < 1.29 is 29.1 Å². The van der Waals surface area contributed by atoms with Crippen molar-refractivity contribution in [1.29, 1.82) is 0 Å². The van der Waals surface area contributed by atoms with Gasteiger partial charge in [0.2, 0.25) is 0 Å². The van der Waals surface area contributed by atoms with E-state index in [9.17, 15) is 9.90 Å². The largest absolute Gasteiger partial charge is 0.498 e. The minimum atomic E-state index is -1.39. The van der Waals surface area contributed by atoms with Crippen LogP contribution in [0.4, 0.5) is 0 Å². The number of carbonyl (C=O) groups is 1. The lowest BCUT2D eigenvalue weighted by Crippen LogP contribution is -2.45. The molecule has 3 rings (SSSR count). The van der Waals surface area contributed by atoms with Crippen LogP contribution in [-0.2, 0) is 14.1 Å². The fraction of sp³-hybridized carbons (Fsp3) is 0.722. The Labute approximate surface area is 165 Å². The Balaban J connectivity index is 1.57. The van der Waals surface area contributed by atoms with Crippen LogP contribution in [0, 0.1) is 0 Å². The fourth-order valence-electron chi connectivity index (χ4n) is 3.24. The van der Waals surface area contributed by atoms with Crippen molar-refractivity contribution in [2.45, 2.75) is 63.9 Å². The molecule has 154 valence electrons.